The summed E-state index contributed by atoms with van der Waals surface area (Å²) >= 11 is 0. The molecule has 0 heterocycles. The van der Waals surface area contributed by atoms with Crippen LogP contribution >= 0.6 is 0 Å². The van der Waals surface area contributed by atoms with Crippen LogP contribution in [-0.4, -0.2) is 31.4 Å². The van der Waals surface area contributed by atoms with Crippen molar-refractivity contribution in [3.8, 4) is 12.3 Å². The number of benzene rings is 1. The number of hydrogen-bond donors (Lipinski definition) is 1. The fourth-order valence-corrected chi connectivity index (χ4v) is 1.44. The predicted octanol–water partition coefficient (Wildman–Crippen LogP) is 1.73. The SMILES string of the molecule is C#CC(NC(=O)/C=C/CN(C)C)c1ccc(F)cc1. The van der Waals surface area contributed by atoms with Gasteiger partial charge in [0.25, 0.3) is 0 Å². The van der Waals surface area contributed by atoms with Crippen LogP contribution in [0.15, 0.2) is 36.4 Å². The normalized spacial score (nSPS) is 12.4. The highest BCUT2D eigenvalue weighted by molar-refractivity contribution is 5.88. The van der Waals surface area contributed by atoms with E-state index in [1.807, 2.05) is 19.0 Å². The molecule has 1 rings (SSSR count). The summed E-state index contributed by atoms with van der Waals surface area (Å²) < 4.78 is 12.8. The van der Waals surface area contributed by atoms with Crippen molar-refractivity contribution >= 4 is 5.91 Å². The van der Waals surface area contributed by atoms with E-state index in [0.717, 1.165) is 0 Å². The van der Waals surface area contributed by atoms with E-state index in [4.69, 9.17) is 6.42 Å². The van der Waals surface area contributed by atoms with Crippen LogP contribution < -0.4 is 5.32 Å². The third-order valence-electron chi connectivity index (χ3n) is 2.40. The molecule has 4 heteroatoms. The van der Waals surface area contributed by atoms with Crippen LogP contribution in [0.2, 0.25) is 0 Å². The molecule has 1 amide bonds. The standard InChI is InChI=1S/C15H17FN2O/c1-4-14(12-7-9-13(16)10-8-12)17-15(19)6-5-11-18(2)3/h1,5-10,14H,11H2,2-3H3,(H,17,19)/b6-5+. The molecule has 0 bridgehead atoms. The smallest absolute Gasteiger partial charge is 0.244 e. The van der Waals surface area contributed by atoms with E-state index < -0.39 is 6.04 Å². The van der Waals surface area contributed by atoms with Gasteiger partial charge in [-0.3, -0.25) is 4.79 Å². The Morgan fingerprint density at radius 1 is 1.47 bits per heavy atom. The van der Waals surface area contributed by atoms with Gasteiger partial charge in [0.1, 0.15) is 11.9 Å². The van der Waals surface area contributed by atoms with Gasteiger partial charge in [0.15, 0.2) is 0 Å². The van der Waals surface area contributed by atoms with Crippen molar-refractivity contribution in [1.82, 2.24) is 10.2 Å². The molecule has 0 saturated heterocycles. The molecule has 100 valence electrons. The van der Waals surface area contributed by atoms with E-state index >= 15 is 0 Å². The average molecular weight is 260 g/mol. The molecular formula is C15H17FN2O. The number of carbonyl (C=O) groups excluding carboxylic acids is 1. The maximum Gasteiger partial charge on any atom is 0.244 e. The van der Waals surface area contributed by atoms with Gasteiger partial charge in [-0.15, -0.1) is 6.42 Å². The van der Waals surface area contributed by atoms with E-state index in [-0.39, 0.29) is 11.7 Å². The first kappa shape index (κ1) is 14.9. The van der Waals surface area contributed by atoms with Gasteiger partial charge in [0.2, 0.25) is 5.91 Å². The van der Waals surface area contributed by atoms with Gasteiger partial charge in [-0.1, -0.05) is 24.1 Å². The quantitative estimate of drug-likeness (QED) is 0.646. The van der Waals surface area contributed by atoms with Crippen molar-refractivity contribution in [3.63, 3.8) is 0 Å². The monoisotopic (exact) mass is 260 g/mol. The van der Waals surface area contributed by atoms with Gasteiger partial charge in [-0.05, 0) is 31.8 Å². The minimum Gasteiger partial charge on any atom is -0.335 e. The number of nitrogens with zero attached hydrogens (tertiary/aromatic N) is 1. The zero-order valence-electron chi connectivity index (χ0n) is 11.1. The molecule has 1 aromatic carbocycles. The van der Waals surface area contributed by atoms with Crippen LogP contribution in [0.1, 0.15) is 11.6 Å². The van der Waals surface area contributed by atoms with Gasteiger partial charge in [-0.25, -0.2) is 4.39 Å². The first-order chi connectivity index (χ1) is 9.02. The van der Waals surface area contributed by atoms with Gasteiger partial charge < -0.3 is 10.2 Å². The zero-order valence-corrected chi connectivity index (χ0v) is 11.1. The molecule has 0 aromatic heterocycles. The minimum atomic E-state index is -0.558. The van der Waals surface area contributed by atoms with E-state index in [1.54, 1.807) is 18.2 Å². The van der Waals surface area contributed by atoms with E-state index in [1.165, 1.54) is 18.2 Å². The molecule has 0 fully saturated rings. The molecule has 1 aromatic rings. The van der Waals surface area contributed by atoms with Gasteiger partial charge in [0.05, 0.1) is 0 Å². The number of carbonyl (C=O) groups is 1. The molecule has 1 atom stereocenters. The molecule has 1 N–H and O–H groups in total. The molecule has 19 heavy (non-hydrogen) atoms. The Balaban J connectivity index is 2.63. The van der Waals surface area contributed by atoms with Crippen molar-refractivity contribution in [3.05, 3.63) is 47.8 Å². The van der Waals surface area contributed by atoms with Crippen LogP contribution in [0.25, 0.3) is 0 Å². The van der Waals surface area contributed by atoms with Crippen molar-refractivity contribution in [2.24, 2.45) is 0 Å². The van der Waals surface area contributed by atoms with Gasteiger partial charge >= 0.3 is 0 Å². The summed E-state index contributed by atoms with van der Waals surface area (Å²) in [6, 6.07) is 5.19. The summed E-state index contributed by atoms with van der Waals surface area (Å²) in [7, 11) is 3.82. The molecule has 0 aliphatic carbocycles. The van der Waals surface area contributed by atoms with E-state index in [0.29, 0.717) is 12.1 Å². The second kappa shape index (κ2) is 7.34. The summed E-state index contributed by atoms with van der Waals surface area (Å²) in [4.78, 5) is 13.6. The zero-order chi connectivity index (χ0) is 14.3. The summed E-state index contributed by atoms with van der Waals surface area (Å²) in [5, 5.41) is 2.67. The van der Waals surface area contributed by atoms with E-state index in [9.17, 15) is 9.18 Å². The first-order valence-corrected chi connectivity index (χ1v) is 5.86. The number of terminal acetylenes is 1. The Labute approximate surface area is 113 Å². The topological polar surface area (TPSA) is 32.3 Å². The minimum absolute atomic E-state index is 0.269. The van der Waals surface area contributed by atoms with Crippen molar-refractivity contribution in [1.29, 1.82) is 0 Å². The van der Waals surface area contributed by atoms with Crippen molar-refractivity contribution in [2.45, 2.75) is 6.04 Å². The van der Waals surface area contributed by atoms with Crippen LogP contribution in [0.5, 0.6) is 0 Å². The maximum absolute atomic E-state index is 12.8. The maximum atomic E-state index is 12.8. The Morgan fingerprint density at radius 2 is 2.11 bits per heavy atom. The lowest BCUT2D eigenvalue weighted by Gasteiger charge is -2.12. The number of likely N-dealkylation sites (N-methyl/N-ethyl adjacent to an activating group) is 1. The average Bonchev–Trinajstić information content (AvgIpc) is 2.36. The van der Waals surface area contributed by atoms with Gasteiger partial charge in [-0.2, -0.15) is 0 Å². The second-order valence-corrected chi connectivity index (χ2v) is 4.32. The summed E-state index contributed by atoms with van der Waals surface area (Å²) in [6.07, 6.45) is 8.56. The van der Waals surface area contributed by atoms with Crippen LogP contribution in [-0.2, 0) is 4.79 Å². The summed E-state index contributed by atoms with van der Waals surface area (Å²) in [5.41, 5.74) is 0.679. The number of rotatable bonds is 5. The van der Waals surface area contributed by atoms with Gasteiger partial charge in [0, 0.05) is 12.6 Å². The molecule has 0 radical (unpaired) electrons. The molecule has 3 nitrogen and oxygen atoms in total. The molecular weight excluding hydrogens is 243 g/mol. The third kappa shape index (κ3) is 5.36. The summed E-state index contributed by atoms with van der Waals surface area (Å²) in [6.45, 7) is 0.671. The van der Waals surface area contributed by atoms with Crippen LogP contribution in [0.3, 0.4) is 0 Å². The number of amides is 1. The second-order valence-electron chi connectivity index (χ2n) is 4.32. The number of nitrogens with one attached hydrogen (secondary N) is 1. The van der Waals surface area contributed by atoms with Crippen molar-refractivity contribution in [2.75, 3.05) is 20.6 Å². The fourth-order valence-electron chi connectivity index (χ4n) is 1.44. The van der Waals surface area contributed by atoms with Crippen molar-refractivity contribution < 1.29 is 9.18 Å². The van der Waals surface area contributed by atoms with Crippen LogP contribution in [0, 0.1) is 18.2 Å². The van der Waals surface area contributed by atoms with Crippen LogP contribution in [0.4, 0.5) is 4.39 Å². The lowest BCUT2D eigenvalue weighted by Crippen LogP contribution is -2.26. The first-order valence-electron chi connectivity index (χ1n) is 5.86. The Bertz CT molecular complexity index is 486. The summed E-state index contributed by atoms with van der Waals surface area (Å²) in [5.74, 6) is 1.86. The Morgan fingerprint density at radius 3 is 2.63 bits per heavy atom. The highest BCUT2D eigenvalue weighted by atomic mass is 19.1. The lowest BCUT2D eigenvalue weighted by molar-refractivity contribution is -0.116. The largest absolute Gasteiger partial charge is 0.335 e. The Hall–Kier alpha value is -2.12. The van der Waals surface area contributed by atoms with E-state index in [2.05, 4.69) is 11.2 Å². The highest BCUT2D eigenvalue weighted by Crippen LogP contribution is 2.12. The Kier molecular flexibility index (Phi) is 5.77. The highest BCUT2D eigenvalue weighted by Gasteiger charge is 2.09. The molecule has 0 saturated carbocycles. The number of hydrogen-bond acceptors (Lipinski definition) is 2. The molecule has 0 spiro atoms. The molecule has 0 aliphatic rings. The molecule has 0 aliphatic heterocycles. The fraction of sp³-hybridized carbons (Fsp3) is 0.267. The molecule has 1 unspecified atom stereocenters. The number of halogens is 1. The predicted molar refractivity (Wildman–Crippen MR) is 73.8 cm³/mol. The third-order valence-corrected chi connectivity index (χ3v) is 2.40. The lowest BCUT2D eigenvalue weighted by atomic mass is 10.1.